The Morgan fingerprint density at radius 1 is 0.915 bits per heavy atom. The van der Waals surface area contributed by atoms with Crippen LogP contribution < -0.4 is 25.4 Å². The van der Waals surface area contributed by atoms with Gasteiger partial charge in [-0.1, -0.05) is 37.3 Å². The molecule has 0 aliphatic rings. The molecule has 0 radical (unpaired) electrons. The summed E-state index contributed by atoms with van der Waals surface area (Å²) in [7, 11) is 3.02. The van der Waals surface area contributed by atoms with Crippen molar-refractivity contribution in [2.24, 2.45) is 0 Å². The highest BCUT2D eigenvalue weighted by Gasteiger charge is 2.21. The van der Waals surface area contributed by atoms with E-state index in [1.54, 1.807) is 79.7 Å². The molecule has 0 aliphatic carbocycles. The Labute approximate surface area is 276 Å². The first-order valence-electron chi connectivity index (χ1n) is 14.6. The molecule has 0 saturated carbocycles. The maximum absolute atomic E-state index is 13.7. The summed E-state index contributed by atoms with van der Waals surface area (Å²) >= 11 is 1.29. The molecule has 4 aromatic rings. The number of hydrogen-bond acceptors (Lipinski definition) is 8. The molecule has 3 amide bonds. The molecule has 12 heteroatoms. The molecule has 0 aliphatic heterocycles. The summed E-state index contributed by atoms with van der Waals surface area (Å²) in [6, 6.07) is 24.9. The van der Waals surface area contributed by atoms with Gasteiger partial charge in [0.05, 0.1) is 30.1 Å². The van der Waals surface area contributed by atoms with E-state index in [0.717, 1.165) is 0 Å². The molecule has 1 unspecified atom stereocenters. The minimum absolute atomic E-state index is 0.0402. The molecule has 11 nitrogen and oxygen atoms in total. The first-order valence-corrected chi connectivity index (χ1v) is 15.4. The van der Waals surface area contributed by atoms with Gasteiger partial charge < -0.3 is 25.4 Å². The molecule has 1 atom stereocenters. The topological polar surface area (TPSA) is 149 Å². The summed E-state index contributed by atoms with van der Waals surface area (Å²) in [6.07, 6.45) is 1.98. The smallest absolute Gasteiger partial charge is 0.272 e. The number of aryl methyl sites for hydroxylation is 1. The Morgan fingerprint density at radius 2 is 1.68 bits per heavy atom. The van der Waals surface area contributed by atoms with Gasteiger partial charge in [-0.3, -0.25) is 24.5 Å². The number of thioether (sulfide) groups is 1. The summed E-state index contributed by atoms with van der Waals surface area (Å²) in [5, 5.41) is 19.1. The number of nitrogens with zero attached hydrogens (tertiary/aromatic N) is 1. The van der Waals surface area contributed by atoms with E-state index in [1.807, 2.05) is 13.0 Å². The fraction of sp³-hybridized carbons (Fsp3) is 0.171. The Hall–Kier alpha value is -5.62. The lowest BCUT2D eigenvalue weighted by Gasteiger charge is -2.17. The lowest BCUT2D eigenvalue weighted by molar-refractivity contribution is -0.384. The molecular formula is C35H34N4O7S. The second kappa shape index (κ2) is 16.1. The number of carbonyl (C=O) groups is 3. The highest BCUT2D eigenvalue weighted by atomic mass is 32.2. The predicted molar refractivity (Wildman–Crippen MR) is 183 cm³/mol. The van der Waals surface area contributed by atoms with Crippen LogP contribution in [0.1, 0.15) is 34.8 Å². The van der Waals surface area contributed by atoms with Crippen molar-refractivity contribution in [2.75, 3.05) is 24.9 Å². The van der Waals surface area contributed by atoms with Crippen LogP contribution in [-0.4, -0.2) is 42.1 Å². The number of amides is 3. The first kappa shape index (κ1) is 34.3. The number of non-ortho nitro benzene ring substituents is 1. The van der Waals surface area contributed by atoms with Crippen molar-refractivity contribution in [2.45, 2.75) is 30.4 Å². The van der Waals surface area contributed by atoms with E-state index >= 15 is 0 Å². The van der Waals surface area contributed by atoms with Gasteiger partial charge in [-0.05, 0) is 73.5 Å². The van der Waals surface area contributed by atoms with Gasteiger partial charge >= 0.3 is 0 Å². The predicted octanol–water partition coefficient (Wildman–Crippen LogP) is 6.84. The molecule has 0 saturated heterocycles. The third-order valence-corrected chi connectivity index (χ3v) is 8.35. The highest BCUT2D eigenvalue weighted by Crippen LogP contribution is 2.30. The zero-order valence-electron chi connectivity index (χ0n) is 26.2. The van der Waals surface area contributed by atoms with Gasteiger partial charge in [0.15, 0.2) is 0 Å². The van der Waals surface area contributed by atoms with Crippen molar-refractivity contribution in [3.8, 4) is 11.5 Å². The van der Waals surface area contributed by atoms with Gasteiger partial charge in [0.25, 0.3) is 17.5 Å². The van der Waals surface area contributed by atoms with E-state index in [2.05, 4.69) is 16.0 Å². The fourth-order valence-corrected chi connectivity index (χ4v) is 5.47. The van der Waals surface area contributed by atoms with Gasteiger partial charge in [0.1, 0.15) is 17.2 Å². The molecule has 0 fully saturated rings. The van der Waals surface area contributed by atoms with Crippen LogP contribution in [0.15, 0.2) is 102 Å². The largest absolute Gasteiger partial charge is 0.497 e. The fourth-order valence-electron chi connectivity index (χ4n) is 4.45. The van der Waals surface area contributed by atoms with E-state index in [0.29, 0.717) is 50.9 Å². The van der Waals surface area contributed by atoms with E-state index in [4.69, 9.17) is 9.47 Å². The Bertz CT molecular complexity index is 1810. The molecule has 3 N–H and O–H groups in total. The van der Waals surface area contributed by atoms with Gasteiger partial charge in [-0.2, -0.15) is 0 Å². The molecule has 0 aromatic heterocycles. The quantitative estimate of drug-likeness (QED) is 0.0614. The Morgan fingerprint density at radius 3 is 2.36 bits per heavy atom. The summed E-state index contributed by atoms with van der Waals surface area (Å²) < 4.78 is 10.8. The number of ether oxygens (including phenoxy) is 2. The third kappa shape index (κ3) is 9.21. The molecule has 47 heavy (non-hydrogen) atoms. The van der Waals surface area contributed by atoms with Crippen LogP contribution in [-0.2, 0) is 9.59 Å². The first-order chi connectivity index (χ1) is 22.6. The van der Waals surface area contributed by atoms with Crippen molar-refractivity contribution in [3.63, 3.8) is 0 Å². The van der Waals surface area contributed by atoms with E-state index in [1.165, 1.54) is 44.2 Å². The second-order valence-corrected chi connectivity index (χ2v) is 11.5. The minimum Gasteiger partial charge on any atom is -0.497 e. The van der Waals surface area contributed by atoms with Gasteiger partial charge in [-0.25, -0.2) is 0 Å². The monoisotopic (exact) mass is 654 g/mol. The van der Waals surface area contributed by atoms with Crippen LogP contribution >= 0.6 is 11.8 Å². The number of carbonyl (C=O) groups excluding carboxylic acids is 3. The normalized spacial score (nSPS) is 11.6. The van der Waals surface area contributed by atoms with E-state index < -0.39 is 22.0 Å². The summed E-state index contributed by atoms with van der Waals surface area (Å²) in [4.78, 5) is 51.4. The van der Waals surface area contributed by atoms with Crippen molar-refractivity contribution in [1.82, 2.24) is 5.32 Å². The number of hydrogen-bond donors (Lipinski definition) is 3. The van der Waals surface area contributed by atoms with E-state index in [9.17, 15) is 24.5 Å². The number of anilines is 2. The Balaban J connectivity index is 1.56. The number of benzene rings is 4. The van der Waals surface area contributed by atoms with E-state index in [-0.39, 0.29) is 17.3 Å². The summed E-state index contributed by atoms with van der Waals surface area (Å²) in [5.41, 5.74) is 2.21. The molecular weight excluding hydrogens is 620 g/mol. The second-order valence-electron chi connectivity index (χ2n) is 10.2. The average Bonchev–Trinajstić information content (AvgIpc) is 3.08. The van der Waals surface area contributed by atoms with Crippen molar-refractivity contribution in [1.29, 1.82) is 0 Å². The van der Waals surface area contributed by atoms with Crippen LogP contribution in [0, 0.1) is 17.0 Å². The van der Waals surface area contributed by atoms with Crippen molar-refractivity contribution in [3.05, 3.63) is 123 Å². The number of methoxy groups -OCH3 is 2. The lowest BCUT2D eigenvalue weighted by atomic mass is 10.1. The van der Waals surface area contributed by atoms with Crippen LogP contribution in [0.3, 0.4) is 0 Å². The standard InChI is InChI=1S/C35H34N4O7S/c1-5-32(35(42)37-29-21-26(39(43)44)15-14-22(29)2)47-28-13-9-12-25(20-28)36-34(41)30(38-33(40)23-10-7-6-8-11-23)19-24-18-27(45-3)16-17-31(24)46-4/h6-21,32H,5H2,1-4H3,(H,36,41)(H,37,42)(H,38,40)/b30-19+. The number of nitro groups is 1. The summed E-state index contributed by atoms with van der Waals surface area (Å²) in [6.45, 7) is 3.62. The maximum atomic E-state index is 13.7. The zero-order chi connectivity index (χ0) is 33.9. The third-order valence-electron chi connectivity index (χ3n) is 6.99. The maximum Gasteiger partial charge on any atom is 0.272 e. The lowest BCUT2D eigenvalue weighted by Crippen LogP contribution is -2.30. The van der Waals surface area contributed by atoms with Crippen LogP contribution in [0.4, 0.5) is 17.1 Å². The number of nitrogens with one attached hydrogen (secondary N) is 3. The van der Waals surface area contributed by atoms with Crippen LogP contribution in [0.25, 0.3) is 6.08 Å². The number of nitro benzene ring substituents is 1. The number of rotatable bonds is 13. The Kier molecular flexibility index (Phi) is 11.7. The van der Waals surface area contributed by atoms with Crippen LogP contribution in [0.5, 0.6) is 11.5 Å². The zero-order valence-corrected chi connectivity index (χ0v) is 27.1. The molecule has 4 aromatic carbocycles. The van der Waals surface area contributed by atoms with Gasteiger partial charge in [0, 0.05) is 33.8 Å². The van der Waals surface area contributed by atoms with Gasteiger partial charge in [0.2, 0.25) is 5.91 Å². The highest BCUT2D eigenvalue weighted by molar-refractivity contribution is 8.00. The SMILES string of the molecule is CCC(Sc1cccc(NC(=O)/C(=C\c2cc(OC)ccc2OC)NC(=O)c2ccccc2)c1)C(=O)Nc1cc([N+](=O)[O-])ccc1C. The van der Waals surface area contributed by atoms with Crippen LogP contribution in [0.2, 0.25) is 0 Å². The molecule has 0 heterocycles. The van der Waals surface area contributed by atoms with Gasteiger partial charge in [-0.15, -0.1) is 11.8 Å². The molecule has 242 valence electrons. The summed E-state index contributed by atoms with van der Waals surface area (Å²) in [5.74, 6) is -0.378. The van der Waals surface area contributed by atoms with Crippen molar-refractivity contribution >= 4 is 52.6 Å². The van der Waals surface area contributed by atoms with Crippen molar-refractivity contribution < 1.29 is 28.8 Å². The minimum atomic E-state index is -0.591. The molecule has 4 rings (SSSR count). The average molecular weight is 655 g/mol. The molecule has 0 bridgehead atoms. The molecule has 0 spiro atoms.